The van der Waals surface area contributed by atoms with Crippen molar-refractivity contribution in [2.24, 2.45) is 0 Å². The zero-order valence-corrected chi connectivity index (χ0v) is 17.8. The number of aromatic nitrogens is 3. The van der Waals surface area contributed by atoms with Gasteiger partial charge in [-0.2, -0.15) is 9.97 Å². The maximum Gasteiger partial charge on any atom is 0.320 e. The molecule has 0 atom stereocenters. The molecule has 5 aromatic carbocycles. The van der Waals surface area contributed by atoms with Crippen LogP contribution in [0, 0.1) is 0 Å². The number of phenols is 2. The van der Waals surface area contributed by atoms with E-state index < -0.39 is 0 Å². The SMILES string of the molecule is CCOc1nc(-c2ccc(O)cc2O)nc(-c2ccc3ccc4cccc5ccc2c3c45)n1. The maximum atomic E-state index is 10.4. The average Bonchev–Trinajstić information content (AvgIpc) is 2.82. The van der Waals surface area contributed by atoms with E-state index in [9.17, 15) is 10.2 Å². The van der Waals surface area contributed by atoms with Gasteiger partial charge in [-0.1, -0.05) is 48.5 Å². The Morgan fingerprint density at radius 1 is 0.697 bits per heavy atom. The lowest BCUT2D eigenvalue weighted by Crippen LogP contribution is -2.03. The molecule has 6 nitrogen and oxygen atoms in total. The fourth-order valence-electron chi connectivity index (χ4n) is 4.43. The Morgan fingerprint density at radius 3 is 2.06 bits per heavy atom. The summed E-state index contributed by atoms with van der Waals surface area (Å²) in [6, 6.07) is 23.4. The number of hydrogen-bond donors (Lipinski definition) is 2. The van der Waals surface area contributed by atoms with Gasteiger partial charge < -0.3 is 14.9 Å². The molecule has 0 saturated heterocycles. The van der Waals surface area contributed by atoms with Crippen molar-refractivity contribution in [1.82, 2.24) is 15.0 Å². The Labute approximate surface area is 189 Å². The fourth-order valence-corrected chi connectivity index (χ4v) is 4.43. The molecule has 0 amide bonds. The molecule has 0 aliphatic rings. The first kappa shape index (κ1) is 19.3. The molecule has 0 spiro atoms. The molecule has 1 heterocycles. The van der Waals surface area contributed by atoms with E-state index in [1.807, 2.05) is 13.0 Å². The van der Waals surface area contributed by atoms with Crippen LogP contribution in [0.5, 0.6) is 17.5 Å². The van der Waals surface area contributed by atoms with Gasteiger partial charge in [0.1, 0.15) is 11.5 Å². The topological polar surface area (TPSA) is 88.4 Å². The number of rotatable bonds is 4. The molecule has 0 fully saturated rings. The number of nitrogens with zero attached hydrogens (tertiary/aromatic N) is 3. The normalized spacial score (nSPS) is 11.5. The minimum atomic E-state index is -0.120. The Morgan fingerprint density at radius 2 is 1.33 bits per heavy atom. The lowest BCUT2D eigenvalue weighted by atomic mass is 9.92. The van der Waals surface area contributed by atoms with E-state index in [-0.39, 0.29) is 23.3 Å². The molecular formula is C27H19N3O3. The second-order valence-corrected chi connectivity index (χ2v) is 7.87. The molecule has 6 aromatic rings. The van der Waals surface area contributed by atoms with E-state index in [1.165, 1.54) is 28.3 Å². The molecule has 0 unspecified atom stereocenters. The van der Waals surface area contributed by atoms with E-state index >= 15 is 0 Å². The fraction of sp³-hybridized carbons (Fsp3) is 0.0741. The number of aromatic hydroxyl groups is 2. The maximum absolute atomic E-state index is 10.4. The van der Waals surface area contributed by atoms with E-state index in [0.29, 0.717) is 18.0 Å². The van der Waals surface area contributed by atoms with E-state index in [2.05, 4.69) is 63.5 Å². The van der Waals surface area contributed by atoms with Crippen LogP contribution in [-0.4, -0.2) is 31.8 Å². The smallest absolute Gasteiger partial charge is 0.320 e. The lowest BCUT2D eigenvalue weighted by Gasteiger charge is -2.14. The van der Waals surface area contributed by atoms with Crippen molar-refractivity contribution in [3.63, 3.8) is 0 Å². The van der Waals surface area contributed by atoms with Crippen LogP contribution in [0.1, 0.15) is 6.92 Å². The highest BCUT2D eigenvalue weighted by atomic mass is 16.5. The third kappa shape index (κ3) is 3.07. The van der Waals surface area contributed by atoms with Crippen molar-refractivity contribution in [1.29, 1.82) is 0 Å². The van der Waals surface area contributed by atoms with Crippen LogP contribution in [0.15, 0.2) is 72.8 Å². The van der Waals surface area contributed by atoms with Crippen LogP contribution in [0.4, 0.5) is 0 Å². The monoisotopic (exact) mass is 433 g/mol. The molecule has 33 heavy (non-hydrogen) atoms. The quantitative estimate of drug-likeness (QED) is 0.336. The van der Waals surface area contributed by atoms with Crippen molar-refractivity contribution in [3.05, 3.63) is 72.8 Å². The summed E-state index contributed by atoms with van der Waals surface area (Å²) in [5.74, 6) is 0.563. The van der Waals surface area contributed by atoms with Crippen LogP contribution >= 0.6 is 0 Å². The summed E-state index contributed by atoms with van der Waals surface area (Å²) in [5, 5.41) is 27.0. The highest BCUT2D eigenvalue weighted by molar-refractivity contribution is 6.25. The predicted molar refractivity (Wildman–Crippen MR) is 129 cm³/mol. The first-order chi connectivity index (χ1) is 16.1. The third-order valence-electron chi connectivity index (χ3n) is 5.88. The number of ether oxygens (including phenoxy) is 1. The molecule has 2 N–H and O–H groups in total. The van der Waals surface area contributed by atoms with Gasteiger partial charge in [-0.25, -0.2) is 4.98 Å². The molecule has 0 bridgehead atoms. The second-order valence-electron chi connectivity index (χ2n) is 7.87. The van der Waals surface area contributed by atoms with Crippen molar-refractivity contribution < 1.29 is 14.9 Å². The standard InChI is InChI=1S/C27H19N3O3/c1-2-33-27-29-25(28-26(30-27)21-13-10-18(31)14-22(21)32)20-12-9-17-7-6-15-4-3-5-16-8-11-19(20)24(17)23(15)16/h3-14,31-32H,2H2,1H3. The molecule has 0 aliphatic carbocycles. The van der Waals surface area contributed by atoms with Gasteiger partial charge in [0.15, 0.2) is 11.6 Å². The van der Waals surface area contributed by atoms with Crippen LogP contribution in [0.25, 0.3) is 55.1 Å². The van der Waals surface area contributed by atoms with Gasteiger partial charge in [0.05, 0.1) is 12.2 Å². The van der Waals surface area contributed by atoms with Crippen molar-refractivity contribution >= 4 is 32.3 Å². The summed E-state index contributed by atoms with van der Waals surface area (Å²) >= 11 is 0. The van der Waals surface area contributed by atoms with Gasteiger partial charge in [0, 0.05) is 11.6 Å². The zero-order chi connectivity index (χ0) is 22.5. The second kappa shape index (κ2) is 7.31. The number of hydrogen-bond acceptors (Lipinski definition) is 6. The summed E-state index contributed by atoms with van der Waals surface area (Å²) in [6.45, 7) is 2.25. The van der Waals surface area contributed by atoms with Gasteiger partial charge in [-0.15, -0.1) is 0 Å². The zero-order valence-electron chi connectivity index (χ0n) is 17.8. The average molecular weight is 433 g/mol. The Hall–Kier alpha value is -4.45. The first-order valence-electron chi connectivity index (χ1n) is 10.7. The summed E-state index contributed by atoms with van der Waals surface area (Å²) in [4.78, 5) is 13.6. The minimum Gasteiger partial charge on any atom is -0.508 e. The van der Waals surface area contributed by atoms with Crippen molar-refractivity contribution in [3.8, 4) is 40.3 Å². The Balaban J connectivity index is 1.64. The van der Waals surface area contributed by atoms with Gasteiger partial charge in [0.2, 0.25) is 0 Å². The predicted octanol–water partition coefficient (Wildman–Crippen LogP) is 5.91. The van der Waals surface area contributed by atoms with Gasteiger partial charge in [0.25, 0.3) is 0 Å². The molecule has 160 valence electrons. The summed E-state index contributed by atoms with van der Waals surface area (Å²) in [5.41, 5.74) is 1.23. The minimum absolute atomic E-state index is 0.0395. The van der Waals surface area contributed by atoms with E-state index in [1.54, 1.807) is 6.07 Å². The van der Waals surface area contributed by atoms with Gasteiger partial charge >= 0.3 is 6.01 Å². The number of phenolic OH excluding ortho intramolecular Hbond substituents is 2. The molecule has 6 rings (SSSR count). The summed E-state index contributed by atoms with van der Waals surface area (Å²) in [7, 11) is 0. The lowest BCUT2D eigenvalue weighted by molar-refractivity contribution is 0.312. The molecule has 1 aromatic heterocycles. The van der Waals surface area contributed by atoms with Crippen molar-refractivity contribution in [2.75, 3.05) is 6.61 Å². The molecule has 0 saturated carbocycles. The Kier molecular flexibility index (Phi) is 4.26. The number of benzene rings is 5. The summed E-state index contributed by atoms with van der Waals surface area (Å²) < 4.78 is 5.63. The molecular weight excluding hydrogens is 414 g/mol. The van der Waals surface area contributed by atoms with Crippen LogP contribution in [0.3, 0.4) is 0 Å². The largest absolute Gasteiger partial charge is 0.508 e. The van der Waals surface area contributed by atoms with Crippen LogP contribution in [-0.2, 0) is 0 Å². The molecule has 0 aliphatic heterocycles. The van der Waals surface area contributed by atoms with E-state index in [0.717, 1.165) is 21.7 Å². The third-order valence-corrected chi connectivity index (χ3v) is 5.88. The van der Waals surface area contributed by atoms with E-state index in [4.69, 9.17) is 4.74 Å². The van der Waals surface area contributed by atoms with Crippen LogP contribution < -0.4 is 4.74 Å². The highest BCUT2D eigenvalue weighted by Gasteiger charge is 2.18. The van der Waals surface area contributed by atoms with Crippen LogP contribution in [0.2, 0.25) is 0 Å². The van der Waals surface area contributed by atoms with Gasteiger partial charge in [-0.3, -0.25) is 0 Å². The molecule has 6 heteroatoms. The van der Waals surface area contributed by atoms with Crippen molar-refractivity contribution in [2.45, 2.75) is 6.92 Å². The molecule has 0 radical (unpaired) electrons. The highest BCUT2D eigenvalue weighted by Crippen LogP contribution is 2.39. The summed E-state index contributed by atoms with van der Waals surface area (Å²) in [6.07, 6.45) is 0. The Bertz CT molecular complexity index is 1650. The van der Waals surface area contributed by atoms with Gasteiger partial charge in [-0.05, 0) is 57.4 Å². The first-order valence-corrected chi connectivity index (χ1v) is 10.7.